The fourth-order valence-electron chi connectivity index (χ4n) is 3.50. The van der Waals surface area contributed by atoms with E-state index in [-0.39, 0.29) is 24.1 Å². The number of hydroxylamine groups is 1. The van der Waals surface area contributed by atoms with Gasteiger partial charge < -0.3 is 21.1 Å². The standard InChI is InChI=1S/C29H30N4O5/c1-19(23-6-4-3-5-7-23)30-18-26(35)31-25-16-12-22(13-17-25)9-8-21-10-14-24(15-11-21)28(36)32-27(20(2)34)29(37)33-38/h3-7,10-17,19-20,27,30,34,38H,18H2,1-2H3,(H,31,35)(H,32,36)(H,33,37)/t19-,20-,27+/m1/s1. The largest absolute Gasteiger partial charge is 0.391 e. The molecule has 0 fully saturated rings. The van der Waals surface area contributed by atoms with Crippen LogP contribution in [0.25, 0.3) is 0 Å². The Balaban J connectivity index is 1.52. The van der Waals surface area contributed by atoms with Crippen LogP contribution < -0.4 is 21.4 Å². The number of rotatable bonds is 9. The van der Waals surface area contributed by atoms with Gasteiger partial charge in [-0.25, -0.2) is 5.48 Å². The highest BCUT2D eigenvalue weighted by Gasteiger charge is 2.25. The Morgan fingerprint density at radius 2 is 1.42 bits per heavy atom. The maximum absolute atomic E-state index is 12.4. The zero-order valence-corrected chi connectivity index (χ0v) is 21.1. The van der Waals surface area contributed by atoms with Gasteiger partial charge in [0.2, 0.25) is 5.91 Å². The molecule has 3 aromatic carbocycles. The Bertz CT molecular complexity index is 1300. The zero-order valence-electron chi connectivity index (χ0n) is 21.1. The second-order valence-electron chi connectivity index (χ2n) is 8.63. The minimum Gasteiger partial charge on any atom is -0.391 e. The van der Waals surface area contributed by atoms with E-state index < -0.39 is 24.0 Å². The predicted molar refractivity (Wildman–Crippen MR) is 143 cm³/mol. The highest BCUT2D eigenvalue weighted by Crippen LogP contribution is 2.12. The Kier molecular flexibility index (Phi) is 10.1. The maximum atomic E-state index is 12.4. The number of hydrogen-bond acceptors (Lipinski definition) is 6. The quantitative estimate of drug-likeness (QED) is 0.147. The van der Waals surface area contributed by atoms with Crippen LogP contribution in [-0.4, -0.2) is 46.7 Å². The Labute approximate surface area is 221 Å². The number of nitrogens with one attached hydrogen (secondary N) is 4. The van der Waals surface area contributed by atoms with E-state index >= 15 is 0 Å². The second kappa shape index (κ2) is 13.7. The average molecular weight is 515 g/mol. The van der Waals surface area contributed by atoms with Gasteiger partial charge in [-0.2, -0.15) is 0 Å². The number of aliphatic hydroxyl groups excluding tert-OH is 1. The Morgan fingerprint density at radius 3 is 1.97 bits per heavy atom. The summed E-state index contributed by atoms with van der Waals surface area (Å²) in [4.78, 5) is 36.2. The number of amides is 3. The first kappa shape index (κ1) is 28.1. The van der Waals surface area contributed by atoms with Crippen molar-refractivity contribution < 1.29 is 24.7 Å². The molecule has 0 aliphatic rings. The molecule has 3 rings (SSSR count). The lowest BCUT2D eigenvalue weighted by Crippen LogP contribution is -2.51. The minimum absolute atomic E-state index is 0.0527. The predicted octanol–water partition coefficient (Wildman–Crippen LogP) is 2.36. The molecule has 0 bridgehead atoms. The van der Waals surface area contributed by atoms with Crippen LogP contribution in [0.2, 0.25) is 0 Å². The minimum atomic E-state index is -1.30. The summed E-state index contributed by atoms with van der Waals surface area (Å²) in [5, 5.41) is 26.8. The van der Waals surface area contributed by atoms with Crippen LogP contribution in [0.15, 0.2) is 78.9 Å². The first-order valence-corrected chi connectivity index (χ1v) is 12.0. The van der Waals surface area contributed by atoms with E-state index in [2.05, 4.69) is 27.8 Å². The molecule has 38 heavy (non-hydrogen) atoms. The number of aliphatic hydroxyl groups is 1. The Morgan fingerprint density at radius 1 is 0.842 bits per heavy atom. The number of anilines is 1. The van der Waals surface area contributed by atoms with Gasteiger partial charge in [0.25, 0.3) is 11.8 Å². The maximum Gasteiger partial charge on any atom is 0.268 e. The third-order valence-corrected chi connectivity index (χ3v) is 5.70. The second-order valence-corrected chi connectivity index (χ2v) is 8.63. The van der Waals surface area contributed by atoms with Gasteiger partial charge in [-0.15, -0.1) is 0 Å². The molecule has 0 aromatic heterocycles. The molecule has 0 saturated carbocycles. The van der Waals surface area contributed by atoms with E-state index in [0.717, 1.165) is 11.1 Å². The summed E-state index contributed by atoms with van der Waals surface area (Å²) >= 11 is 0. The number of hydrogen-bond donors (Lipinski definition) is 6. The van der Waals surface area contributed by atoms with Crippen LogP contribution in [0.3, 0.4) is 0 Å². The highest BCUT2D eigenvalue weighted by atomic mass is 16.5. The van der Waals surface area contributed by atoms with Crippen molar-refractivity contribution in [3.05, 3.63) is 101 Å². The normalized spacial score (nSPS) is 12.7. The van der Waals surface area contributed by atoms with Crippen LogP contribution in [0.5, 0.6) is 0 Å². The summed E-state index contributed by atoms with van der Waals surface area (Å²) in [6.45, 7) is 3.51. The summed E-state index contributed by atoms with van der Waals surface area (Å²) < 4.78 is 0. The highest BCUT2D eigenvalue weighted by molar-refractivity contribution is 5.97. The van der Waals surface area contributed by atoms with E-state index in [9.17, 15) is 19.5 Å². The molecule has 0 saturated heterocycles. The van der Waals surface area contributed by atoms with Crippen molar-refractivity contribution >= 4 is 23.4 Å². The summed E-state index contributed by atoms with van der Waals surface area (Å²) in [6.07, 6.45) is -1.20. The molecule has 3 atom stereocenters. The molecule has 3 aromatic rings. The average Bonchev–Trinajstić information content (AvgIpc) is 2.94. The van der Waals surface area contributed by atoms with E-state index in [0.29, 0.717) is 11.3 Å². The lowest BCUT2D eigenvalue weighted by Gasteiger charge is -2.19. The SMILES string of the molecule is C[C@@H](NCC(=O)Nc1ccc(C#Cc2ccc(C(=O)N[C@H](C(=O)NO)[C@@H](C)O)cc2)cc1)c1ccccc1. The summed E-state index contributed by atoms with van der Waals surface area (Å²) in [5.74, 6) is 4.39. The summed E-state index contributed by atoms with van der Waals surface area (Å²) in [6, 6.07) is 22.2. The molecule has 9 heteroatoms. The van der Waals surface area contributed by atoms with Gasteiger partial charge in [0.15, 0.2) is 0 Å². The monoisotopic (exact) mass is 514 g/mol. The van der Waals surface area contributed by atoms with Crippen molar-refractivity contribution in [2.45, 2.75) is 32.0 Å². The van der Waals surface area contributed by atoms with Crippen molar-refractivity contribution in [1.29, 1.82) is 0 Å². The van der Waals surface area contributed by atoms with Gasteiger partial charge in [0, 0.05) is 28.4 Å². The first-order valence-electron chi connectivity index (χ1n) is 12.0. The van der Waals surface area contributed by atoms with E-state index in [1.165, 1.54) is 12.4 Å². The third kappa shape index (κ3) is 8.28. The number of carbonyl (C=O) groups excluding carboxylic acids is 3. The molecule has 196 valence electrons. The smallest absolute Gasteiger partial charge is 0.268 e. The summed E-state index contributed by atoms with van der Waals surface area (Å²) in [7, 11) is 0. The van der Waals surface area contributed by atoms with Crippen molar-refractivity contribution in [1.82, 2.24) is 16.1 Å². The molecule has 0 radical (unpaired) electrons. The van der Waals surface area contributed by atoms with Crippen LogP contribution in [0.1, 0.15) is 46.9 Å². The Hall–Kier alpha value is -4.49. The molecule has 0 aliphatic carbocycles. The molecule has 0 heterocycles. The molecular formula is C29H30N4O5. The van der Waals surface area contributed by atoms with Crippen LogP contribution in [-0.2, 0) is 9.59 Å². The lowest BCUT2D eigenvalue weighted by molar-refractivity contribution is -0.133. The molecule has 0 spiro atoms. The topological polar surface area (TPSA) is 140 Å². The van der Waals surface area contributed by atoms with Crippen LogP contribution in [0.4, 0.5) is 5.69 Å². The zero-order chi connectivity index (χ0) is 27.5. The van der Waals surface area contributed by atoms with Gasteiger partial charge in [-0.1, -0.05) is 42.2 Å². The van der Waals surface area contributed by atoms with E-state index in [1.807, 2.05) is 37.3 Å². The number of benzene rings is 3. The van der Waals surface area contributed by atoms with E-state index in [1.54, 1.807) is 48.5 Å². The molecular weight excluding hydrogens is 484 g/mol. The molecule has 3 amide bonds. The lowest BCUT2D eigenvalue weighted by atomic mass is 10.1. The third-order valence-electron chi connectivity index (χ3n) is 5.70. The van der Waals surface area contributed by atoms with Crippen molar-refractivity contribution in [3.8, 4) is 11.8 Å². The fraction of sp³-hybridized carbons (Fsp3) is 0.207. The molecule has 9 nitrogen and oxygen atoms in total. The molecule has 6 N–H and O–H groups in total. The van der Waals surface area contributed by atoms with Gasteiger partial charge in [0.05, 0.1) is 12.6 Å². The van der Waals surface area contributed by atoms with Gasteiger partial charge in [0.1, 0.15) is 6.04 Å². The molecule has 0 aliphatic heterocycles. The summed E-state index contributed by atoms with van der Waals surface area (Å²) in [5.41, 5.74) is 4.86. The van der Waals surface area contributed by atoms with Crippen LogP contribution in [0, 0.1) is 11.8 Å². The van der Waals surface area contributed by atoms with Gasteiger partial charge >= 0.3 is 0 Å². The van der Waals surface area contributed by atoms with Crippen molar-refractivity contribution in [2.75, 3.05) is 11.9 Å². The molecule has 0 unspecified atom stereocenters. The van der Waals surface area contributed by atoms with Crippen molar-refractivity contribution in [2.24, 2.45) is 0 Å². The van der Waals surface area contributed by atoms with E-state index in [4.69, 9.17) is 5.21 Å². The van der Waals surface area contributed by atoms with Gasteiger partial charge in [-0.05, 0) is 67.9 Å². The first-order chi connectivity index (χ1) is 18.3. The number of carbonyl (C=O) groups is 3. The van der Waals surface area contributed by atoms with Crippen molar-refractivity contribution in [3.63, 3.8) is 0 Å². The van der Waals surface area contributed by atoms with Crippen LogP contribution >= 0.6 is 0 Å². The fourth-order valence-corrected chi connectivity index (χ4v) is 3.50. The van der Waals surface area contributed by atoms with Gasteiger partial charge in [-0.3, -0.25) is 19.6 Å².